The molecule has 3 heterocycles. The number of rotatable bonds is 4. The van der Waals surface area contributed by atoms with Crippen LogP contribution in [-0.2, 0) is 6.42 Å². The van der Waals surface area contributed by atoms with Gasteiger partial charge in [0.25, 0.3) is 0 Å². The van der Waals surface area contributed by atoms with E-state index in [1.54, 1.807) is 0 Å². The number of furan rings is 1. The Balaban J connectivity index is 1.41. The van der Waals surface area contributed by atoms with Crippen molar-refractivity contribution in [1.29, 1.82) is 0 Å². The number of hydrogen-bond donors (Lipinski definition) is 1. The first-order valence-corrected chi connectivity index (χ1v) is 7.82. The maximum absolute atomic E-state index is 5.51. The molecule has 100 valence electrons. The van der Waals surface area contributed by atoms with E-state index in [-0.39, 0.29) is 0 Å². The van der Waals surface area contributed by atoms with Crippen LogP contribution in [0.3, 0.4) is 0 Å². The Kier molecular flexibility index (Phi) is 4.07. The van der Waals surface area contributed by atoms with Crippen LogP contribution in [0, 0.1) is 0 Å². The van der Waals surface area contributed by atoms with E-state index in [2.05, 4.69) is 26.1 Å². The molecule has 3 nitrogen and oxygen atoms in total. The summed E-state index contributed by atoms with van der Waals surface area (Å²) in [6.07, 6.45) is 6.43. The molecule has 0 aromatic carbocycles. The molecular formula is C14H21BrN2O. The van der Waals surface area contributed by atoms with Crippen molar-refractivity contribution in [3.63, 3.8) is 0 Å². The van der Waals surface area contributed by atoms with Crippen LogP contribution in [0.25, 0.3) is 0 Å². The van der Waals surface area contributed by atoms with Crippen molar-refractivity contribution >= 4 is 15.9 Å². The smallest absolute Gasteiger partial charge is 0.169 e. The van der Waals surface area contributed by atoms with Crippen LogP contribution in [0.15, 0.2) is 21.2 Å². The van der Waals surface area contributed by atoms with Crippen LogP contribution < -0.4 is 5.32 Å². The number of nitrogens with zero attached hydrogens (tertiary/aromatic N) is 1. The fraction of sp³-hybridized carbons (Fsp3) is 0.714. The second kappa shape index (κ2) is 5.76. The Morgan fingerprint density at radius 1 is 1.33 bits per heavy atom. The van der Waals surface area contributed by atoms with Gasteiger partial charge >= 0.3 is 0 Å². The zero-order valence-corrected chi connectivity index (χ0v) is 12.3. The van der Waals surface area contributed by atoms with Gasteiger partial charge < -0.3 is 14.6 Å². The van der Waals surface area contributed by atoms with Gasteiger partial charge in [-0.1, -0.05) is 0 Å². The Morgan fingerprint density at radius 3 is 3.11 bits per heavy atom. The highest BCUT2D eigenvalue weighted by molar-refractivity contribution is 9.10. The SMILES string of the molecule is Brc1ccc(CCNC2CCN3CCCC3C2)o1. The topological polar surface area (TPSA) is 28.4 Å². The Hall–Kier alpha value is -0.320. The molecule has 2 unspecified atom stereocenters. The quantitative estimate of drug-likeness (QED) is 0.926. The third-order valence-corrected chi connectivity index (χ3v) is 4.68. The number of fused-ring (bicyclic) bond motifs is 1. The summed E-state index contributed by atoms with van der Waals surface area (Å²) in [5.41, 5.74) is 0. The summed E-state index contributed by atoms with van der Waals surface area (Å²) in [6.45, 7) is 3.64. The van der Waals surface area contributed by atoms with Crippen molar-refractivity contribution < 1.29 is 4.42 Å². The zero-order chi connectivity index (χ0) is 12.4. The van der Waals surface area contributed by atoms with Gasteiger partial charge in [0.15, 0.2) is 4.67 Å². The van der Waals surface area contributed by atoms with Crippen molar-refractivity contribution in [1.82, 2.24) is 10.2 Å². The lowest BCUT2D eigenvalue weighted by Gasteiger charge is -2.35. The summed E-state index contributed by atoms with van der Waals surface area (Å²) in [5, 5.41) is 3.69. The van der Waals surface area contributed by atoms with Gasteiger partial charge in [0.2, 0.25) is 0 Å². The molecule has 1 aromatic rings. The van der Waals surface area contributed by atoms with Crippen LogP contribution >= 0.6 is 15.9 Å². The minimum absolute atomic E-state index is 0.711. The first-order valence-electron chi connectivity index (χ1n) is 7.03. The third kappa shape index (κ3) is 2.98. The molecule has 2 fully saturated rings. The van der Waals surface area contributed by atoms with Crippen molar-refractivity contribution in [2.45, 2.75) is 44.2 Å². The maximum Gasteiger partial charge on any atom is 0.169 e. The Morgan fingerprint density at radius 2 is 2.28 bits per heavy atom. The minimum Gasteiger partial charge on any atom is -0.454 e. The highest BCUT2D eigenvalue weighted by Crippen LogP contribution is 2.26. The second-order valence-electron chi connectivity index (χ2n) is 5.46. The Bertz CT molecular complexity index is 393. The van der Waals surface area contributed by atoms with E-state index in [9.17, 15) is 0 Å². The fourth-order valence-corrected chi connectivity index (χ4v) is 3.64. The highest BCUT2D eigenvalue weighted by atomic mass is 79.9. The average Bonchev–Trinajstić information content (AvgIpc) is 2.97. The monoisotopic (exact) mass is 312 g/mol. The van der Waals surface area contributed by atoms with Crippen molar-refractivity contribution in [3.8, 4) is 0 Å². The number of piperidine rings is 1. The lowest BCUT2D eigenvalue weighted by Crippen LogP contribution is -2.46. The molecule has 0 saturated carbocycles. The van der Waals surface area contributed by atoms with Gasteiger partial charge in [0.1, 0.15) is 5.76 Å². The molecule has 3 rings (SSSR count). The molecule has 4 heteroatoms. The van der Waals surface area contributed by atoms with Crippen LogP contribution in [0.4, 0.5) is 0 Å². The molecule has 0 amide bonds. The van der Waals surface area contributed by atoms with Crippen LogP contribution in [0.1, 0.15) is 31.4 Å². The average molecular weight is 313 g/mol. The molecule has 0 spiro atoms. The second-order valence-corrected chi connectivity index (χ2v) is 6.24. The third-order valence-electron chi connectivity index (χ3n) is 4.25. The van der Waals surface area contributed by atoms with Crippen molar-refractivity contribution in [2.75, 3.05) is 19.6 Å². The molecule has 2 atom stereocenters. The molecule has 2 aliphatic heterocycles. The van der Waals surface area contributed by atoms with Gasteiger partial charge in [-0.25, -0.2) is 0 Å². The summed E-state index contributed by atoms with van der Waals surface area (Å²) in [5.74, 6) is 1.06. The summed E-state index contributed by atoms with van der Waals surface area (Å²) in [7, 11) is 0. The van der Waals surface area contributed by atoms with Gasteiger partial charge in [0.05, 0.1) is 0 Å². The fourth-order valence-electron chi connectivity index (χ4n) is 3.30. The molecule has 0 aliphatic carbocycles. The van der Waals surface area contributed by atoms with Gasteiger partial charge in [-0.3, -0.25) is 0 Å². The van der Waals surface area contributed by atoms with Crippen LogP contribution in [0.2, 0.25) is 0 Å². The number of hydrogen-bond acceptors (Lipinski definition) is 3. The predicted octanol–water partition coefficient (Wildman–Crippen LogP) is 2.80. The molecular weight excluding hydrogens is 292 g/mol. The minimum atomic E-state index is 0.711. The predicted molar refractivity (Wildman–Crippen MR) is 75.7 cm³/mol. The van der Waals surface area contributed by atoms with E-state index < -0.39 is 0 Å². The molecule has 2 aliphatic rings. The largest absolute Gasteiger partial charge is 0.454 e. The van der Waals surface area contributed by atoms with Crippen molar-refractivity contribution in [2.24, 2.45) is 0 Å². The van der Waals surface area contributed by atoms with Gasteiger partial charge in [-0.2, -0.15) is 0 Å². The van der Waals surface area contributed by atoms with Gasteiger partial charge in [-0.15, -0.1) is 0 Å². The van der Waals surface area contributed by atoms with E-state index in [1.165, 1.54) is 38.8 Å². The standard InChI is InChI=1S/C14H21BrN2O/c15-14-4-3-13(18-14)5-7-16-11-6-9-17-8-1-2-12(17)10-11/h3-4,11-12,16H,1-2,5-10H2. The molecule has 1 aromatic heterocycles. The van der Waals surface area contributed by atoms with E-state index in [1.807, 2.05) is 12.1 Å². The lowest BCUT2D eigenvalue weighted by molar-refractivity contribution is 0.167. The van der Waals surface area contributed by atoms with E-state index >= 15 is 0 Å². The summed E-state index contributed by atoms with van der Waals surface area (Å²) >= 11 is 3.34. The molecule has 2 saturated heterocycles. The first kappa shape index (κ1) is 12.7. The van der Waals surface area contributed by atoms with Gasteiger partial charge in [-0.05, 0) is 66.8 Å². The first-order chi connectivity index (χ1) is 8.81. The number of halogens is 1. The maximum atomic E-state index is 5.51. The zero-order valence-electron chi connectivity index (χ0n) is 10.7. The van der Waals surface area contributed by atoms with E-state index in [4.69, 9.17) is 4.42 Å². The van der Waals surface area contributed by atoms with Crippen LogP contribution in [0.5, 0.6) is 0 Å². The lowest BCUT2D eigenvalue weighted by atomic mass is 9.97. The highest BCUT2D eigenvalue weighted by Gasteiger charge is 2.31. The molecule has 1 N–H and O–H groups in total. The molecule has 0 radical (unpaired) electrons. The normalized spacial score (nSPS) is 28.5. The summed E-state index contributed by atoms with van der Waals surface area (Å²) < 4.78 is 6.34. The Labute approximate surface area is 117 Å². The van der Waals surface area contributed by atoms with E-state index in [0.29, 0.717) is 6.04 Å². The van der Waals surface area contributed by atoms with Crippen LogP contribution in [-0.4, -0.2) is 36.6 Å². The number of nitrogens with one attached hydrogen (secondary N) is 1. The molecule has 0 bridgehead atoms. The summed E-state index contributed by atoms with van der Waals surface area (Å²) in [4.78, 5) is 2.67. The van der Waals surface area contributed by atoms with Gasteiger partial charge in [0, 0.05) is 25.0 Å². The van der Waals surface area contributed by atoms with E-state index in [0.717, 1.165) is 29.4 Å². The molecule has 18 heavy (non-hydrogen) atoms. The van der Waals surface area contributed by atoms with Crippen molar-refractivity contribution in [3.05, 3.63) is 22.6 Å². The summed E-state index contributed by atoms with van der Waals surface area (Å²) in [6, 6.07) is 5.58.